The summed E-state index contributed by atoms with van der Waals surface area (Å²) in [7, 11) is 0. The molecule has 2 heterocycles. The minimum Gasteiger partial charge on any atom is -0.462 e. The van der Waals surface area contributed by atoms with Crippen LogP contribution in [0, 0.1) is 0 Å². The van der Waals surface area contributed by atoms with E-state index < -0.39 is 5.97 Å². The van der Waals surface area contributed by atoms with Gasteiger partial charge in [0.2, 0.25) is 0 Å². The Balaban J connectivity index is 1.66. The fourth-order valence-corrected chi connectivity index (χ4v) is 4.97. The molecular weight excluding hydrogens is 456 g/mol. The van der Waals surface area contributed by atoms with Crippen LogP contribution >= 0.6 is 11.3 Å². The molecule has 0 bridgehead atoms. The summed E-state index contributed by atoms with van der Waals surface area (Å²) >= 11 is 1.52. The fraction of sp³-hybridized carbons (Fsp3) is 0.107. The van der Waals surface area contributed by atoms with Crippen molar-refractivity contribution in [1.82, 2.24) is 15.2 Å². The Labute approximate surface area is 207 Å². The number of aromatic amines is 1. The van der Waals surface area contributed by atoms with Crippen LogP contribution in [0.3, 0.4) is 0 Å². The summed E-state index contributed by atoms with van der Waals surface area (Å²) in [4.78, 5) is 20.8. The van der Waals surface area contributed by atoms with Crippen LogP contribution < -0.4 is 4.90 Å². The number of ether oxygens (including phenoxy) is 1. The number of anilines is 2. The van der Waals surface area contributed by atoms with Gasteiger partial charge in [0.1, 0.15) is 5.56 Å². The Hall–Kier alpha value is -4.23. The molecule has 0 unspecified atom stereocenters. The minimum absolute atomic E-state index is 0.293. The molecule has 0 aliphatic rings. The molecule has 0 radical (unpaired) electrons. The molecule has 7 heteroatoms. The first kappa shape index (κ1) is 22.6. The third kappa shape index (κ3) is 4.85. The molecule has 0 spiro atoms. The average molecular weight is 481 g/mol. The van der Waals surface area contributed by atoms with Gasteiger partial charge in [0.05, 0.1) is 35.6 Å². The van der Waals surface area contributed by atoms with Gasteiger partial charge in [-0.3, -0.25) is 5.10 Å². The standard InChI is InChI=1S/C28H24N4O2S/c1-2-34-27(33)23-18-29-31-25(23)26-24(21-14-8-4-9-15-21)30-28(35-26)32(22-16-10-5-11-17-22)19-20-12-6-3-7-13-20/h3-18H,2,19H2,1H3,(H,29,31). The van der Waals surface area contributed by atoms with E-state index in [1.54, 1.807) is 6.92 Å². The Kier molecular flexibility index (Phi) is 6.68. The zero-order chi connectivity index (χ0) is 24.0. The van der Waals surface area contributed by atoms with Crippen molar-refractivity contribution < 1.29 is 9.53 Å². The summed E-state index contributed by atoms with van der Waals surface area (Å²) in [5, 5.41) is 7.99. The maximum absolute atomic E-state index is 12.6. The molecule has 0 amide bonds. The van der Waals surface area contributed by atoms with Crippen LogP contribution in [0.5, 0.6) is 0 Å². The third-order valence-corrected chi connectivity index (χ3v) is 6.60. The molecule has 0 saturated carbocycles. The third-order valence-electron chi connectivity index (χ3n) is 5.51. The summed E-state index contributed by atoms with van der Waals surface area (Å²) in [6.07, 6.45) is 1.51. The lowest BCUT2D eigenvalue weighted by Gasteiger charge is -2.22. The van der Waals surface area contributed by atoms with E-state index in [4.69, 9.17) is 9.72 Å². The number of aromatic nitrogens is 3. The van der Waals surface area contributed by atoms with E-state index in [1.165, 1.54) is 23.1 Å². The van der Waals surface area contributed by atoms with Crippen LogP contribution in [-0.4, -0.2) is 27.8 Å². The molecule has 3 aromatic carbocycles. The van der Waals surface area contributed by atoms with Crippen LogP contribution in [0.2, 0.25) is 0 Å². The van der Waals surface area contributed by atoms with Gasteiger partial charge in [-0.1, -0.05) is 90.2 Å². The van der Waals surface area contributed by atoms with Crippen LogP contribution in [0.15, 0.2) is 97.2 Å². The minimum atomic E-state index is -0.408. The van der Waals surface area contributed by atoms with E-state index in [9.17, 15) is 4.79 Å². The smallest absolute Gasteiger partial charge is 0.342 e. The van der Waals surface area contributed by atoms with Crippen LogP contribution in [-0.2, 0) is 11.3 Å². The predicted octanol–water partition coefficient (Wildman–Crippen LogP) is 6.72. The predicted molar refractivity (Wildman–Crippen MR) is 140 cm³/mol. The van der Waals surface area contributed by atoms with Crippen molar-refractivity contribution in [2.75, 3.05) is 11.5 Å². The lowest BCUT2D eigenvalue weighted by molar-refractivity contribution is 0.0527. The first-order chi connectivity index (χ1) is 17.2. The van der Waals surface area contributed by atoms with Crippen molar-refractivity contribution in [2.24, 2.45) is 0 Å². The number of hydrogen-bond donors (Lipinski definition) is 1. The molecule has 1 N–H and O–H groups in total. The number of para-hydroxylation sites is 1. The molecule has 5 rings (SSSR count). The number of hydrogen-bond acceptors (Lipinski definition) is 6. The van der Waals surface area contributed by atoms with Crippen LogP contribution in [0.4, 0.5) is 10.8 Å². The second-order valence-electron chi connectivity index (χ2n) is 7.83. The Morgan fingerprint density at radius 3 is 2.29 bits per heavy atom. The Morgan fingerprint density at radius 2 is 1.60 bits per heavy atom. The molecular formula is C28H24N4O2S. The summed E-state index contributed by atoms with van der Waals surface area (Å²) < 4.78 is 5.27. The average Bonchev–Trinajstić information content (AvgIpc) is 3.57. The molecule has 6 nitrogen and oxygen atoms in total. The maximum atomic E-state index is 12.6. The molecule has 0 saturated heterocycles. The zero-order valence-electron chi connectivity index (χ0n) is 19.2. The fourth-order valence-electron chi connectivity index (χ4n) is 3.85. The van der Waals surface area contributed by atoms with Crippen molar-refractivity contribution in [1.29, 1.82) is 0 Å². The van der Waals surface area contributed by atoms with Gasteiger partial charge in [0, 0.05) is 11.3 Å². The summed E-state index contributed by atoms with van der Waals surface area (Å²) in [5.41, 5.74) is 4.96. The Morgan fingerprint density at radius 1 is 0.943 bits per heavy atom. The number of rotatable bonds is 8. The maximum Gasteiger partial charge on any atom is 0.342 e. The zero-order valence-corrected chi connectivity index (χ0v) is 20.0. The highest BCUT2D eigenvalue weighted by Crippen LogP contribution is 2.43. The van der Waals surface area contributed by atoms with Gasteiger partial charge in [0.25, 0.3) is 0 Å². The lowest BCUT2D eigenvalue weighted by atomic mass is 10.1. The number of esters is 1. The summed E-state index contributed by atoms with van der Waals surface area (Å²) in [6.45, 7) is 2.74. The van der Waals surface area contributed by atoms with Crippen molar-refractivity contribution in [2.45, 2.75) is 13.5 Å². The van der Waals surface area contributed by atoms with Gasteiger partial charge in [-0.25, -0.2) is 9.78 Å². The molecule has 2 aromatic heterocycles. The second kappa shape index (κ2) is 10.4. The van der Waals surface area contributed by atoms with Crippen LogP contribution in [0.1, 0.15) is 22.8 Å². The highest BCUT2D eigenvalue weighted by Gasteiger charge is 2.25. The SMILES string of the molecule is CCOC(=O)c1cn[nH]c1-c1sc(N(Cc2ccccc2)c2ccccc2)nc1-c1ccccc1. The summed E-state index contributed by atoms with van der Waals surface area (Å²) in [6, 6.07) is 30.5. The van der Waals surface area contributed by atoms with E-state index in [1.807, 2.05) is 66.7 Å². The van der Waals surface area contributed by atoms with Gasteiger partial charge in [-0.15, -0.1) is 0 Å². The van der Waals surface area contributed by atoms with Crippen molar-refractivity contribution in [3.05, 3.63) is 108 Å². The number of nitrogens with zero attached hydrogens (tertiary/aromatic N) is 3. The van der Waals surface area contributed by atoms with Crippen LogP contribution in [0.25, 0.3) is 21.8 Å². The van der Waals surface area contributed by atoms with Crippen molar-refractivity contribution in [3.63, 3.8) is 0 Å². The second-order valence-corrected chi connectivity index (χ2v) is 8.80. The van der Waals surface area contributed by atoms with E-state index in [2.05, 4.69) is 39.4 Å². The molecule has 0 aliphatic heterocycles. The normalized spacial score (nSPS) is 10.8. The van der Waals surface area contributed by atoms with Crippen molar-refractivity contribution in [3.8, 4) is 21.8 Å². The van der Waals surface area contributed by atoms with E-state index in [0.29, 0.717) is 24.4 Å². The molecule has 5 aromatic rings. The first-order valence-corrected chi connectivity index (χ1v) is 12.2. The monoisotopic (exact) mass is 480 g/mol. The summed E-state index contributed by atoms with van der Waals surface area (Å²) in [5.74, 6) is -0.408. The molecule has 0 atom stereocenters. The largest absolute Gasteiger partial charge is 0.462 e. The van der Waals surface area contributed by atoms with E-state index >= 15 is 0 Å². The molecule has 35 heavy (non-hydrogen) atoms. The lowest BCUT2D eigenvalue weighted by Crippen LogP contribution is -2.16. The number of carbonyl (C=O) groups excluding carboxylic acids is 1. The van der Waals surface area contributed by atoms with Gasteiger partial charge in [-0.2, -0.15) is 5.10 Å². The highest BCUT2D eigenvalue weighted by molar-refractivity contribution is 7.19. The molecule has 0 fully saturated rings. The number of nitrogens with one attached hydrogen (secondary N) is 1. The highest BCUT2D eigenvalue weighted by atomic mass is 32.1. The quantitative estimate of drug-likeness (QED) is 0.250. The molecule has 174 valence electrons. The van der Waals surface area contributed by atoms with Crippen molar-refractivity contribution >= 4 is 28.1 Å². The number of thiazole rings is 1. The van der Waals surface area contributed by atoms with Gasteiger partial charge < -0.3 is 9.64 Å². The number of H-pyrrole nitrogens is 1. The Bertz CT molecular complexity index is 1400. The van der Waals surface area contributed by atoms with Gasteiger partial charge in [0.15, 0.2) is 5.13 Å². The van der Waals surface area contributed by atoms with Gasteiger partial charge in [-0.05, 0) is 24.6 Å². The van der Waals surface area contributed by atoms with E-state index in [-0.39, 0.29) is 0 Å². The number of carbonyl (C=O) groups is 1. The first-order valence-electron chi connectivity index (χ1n) is 11.4. The topological polar surface area (TPSA) is 71.1 Å². The van der Waals surface area contributed by atoms with E-state index in [0.717, 1.165) is 27.0 Å². The number of benzene rings is 3. The van der Waals surface area contributed by atoms with Gasteiger partial charge >= 0.3 is 5.97 Å². The molecule has 0 aliphatic carbocycles.